The van der Waals surface area contributed by atoms with Gasteiger partial charge >= 0.3 is 6.09 Å². The van der Waals surface area contributed by atoms with E-state index >= 15 is 0 Å². The SMILES string of the molecule is Cc1cc(C)c(NC2CCN(C(=O)O)C2)c(Br)n1. The molecule has 98 valence electrons. The highest BCUT2D eigenvalue weighted by Gasteiger charge is 2.26. The molecule has 5 nitrogen and oxygen atoms in total. The van der Waals surface area contributed by atoms with Crippen molar-refractivity contribution in [2.75, 3.05) is 18.4 Å². The number of hydrogen-bond acceptors (Lipinski definition) is 3. The molecule has 1 aliphatic rings. The number of carbonyl (C=O) groups is 1. The summed E-state index contributed by atoms with van der Waals surface area (Å²) in [6.07, 6.45) is -0.0244. The molecule has 2 rings (SSSR count). The molecule has 2 N–H and O–H groups in total. The van der Waals surface area contributed by atoms with Gasteiger partial charge in [0.2, 0.25) is 0 Å². The number of aromatic nitrogens is 1. The number of likely N-dealkylation sites (tertiary alicyclic amines) is 1. The van der Waals surface area contributed by atoms with Crippen LogP contribution in [0.5, 0.6) is 0 Å². The van der Waals surface area contributed by atoms with Crippen LogP contribution in [-0.4, -0.2) is 40.2 Å². The van der Waals surface area contributed by atoms with Crippen molar-refractivity contribution in [1.82, 2.24) is 9.88 Å². The van der Waals surface area contributed by atoms with Crippen LogP contribution in [0.3, 0.4) is 0 Å². The third-order valence-electron chi connectivity index (χ3n) is 3.11. The maximum Gasteiger partial charge on any atom is 0.407 e. The summed E-state index contributed by atoms with van der Waals surface area (Å²) in [7, 11) is 0. The fourth-order valence-electron chi connectivity index (χ4n) is 2.22. The zero-order chi connectivity index (χ0) is 13.3. The van der Waals surface area contributed by atoms with Gasteiger partial charge in [-0.1, -0.05) is 0 Å². The van der Waals surface area contributed by atoms with Crippen LogP contribution in [0.25, 0.3) is 0 Å². The van der Waals surface area contributed by atoms with E-state index in [1.54, 1.807) is 0 Å². The highest BCUT2D eigenvalue weighted by molar-refractivity contribution is 9.10. The van der Waals surface area contributed by atoms with Gasteiger partial charge in [-0.2, -0.15) is 0 Å². The Morgan fingerprint density at radius 2 is 2.33 bits per heavy atom. The zero-order valence-corrected chi connectivity index (χ0v) is 12.0. The predicted molar refractivity (Wildman–Crippen MR) is 73.0 cm³/mol. The highest BCUT2D eigenvalue weighted by atomic mass is 79.9. The molecule has 0 aromatic carbocycles. The highest BCUT2D eigenvalue weighted by Crippen LogP contribution is 2.27. The normalized spacial score (nSPS) is 19.1. The van der Waals surface area contributed by atoms with Crippen molar-refractivity contribution in [2.24, 2.45) is 0 Å². The number of nitrogens with one attached hydrogen (secondary N) is 1. The van der Waals surface area contributed by atoms with Gasteiger partial charge in [-0.25, -0.2) is 9.78 Å². The van der Waals surface area contributed by atoms with Gasteiger partial charge < -0.3 is 15.3 Å². The van der Waals surface area contributed by atoms with Gasteiger partial charge in [-0.05, 0) is 47.8 Å². The maximum absolute atomic E-state index is 10.9. The molecule has 1 aliphatic heterocycles. The summed E-state index contributed by atoms with van der Waals surface area (Å²) in [6.45, 7) is 5.08. The van der Waals surface area contributed by atoms with E-state index in [9.17, 15) is 4.79 Å². The minimum absolute atomic E-state index is 0.153. The average Bonchev–Trinajstić information content (AvgIpc) is 2.71. The number of nitrogens with zero attached hydrogens (tertiary/aromatic N) is 2. The standard InChI is InChI=1S/C12H16BrN3O2/c1-7-5-8(2)14-11(13)10(7)15-9-3-4-16(6-9)12(17)18/h5,9,15H,3-4,6H2,1-2H3,(H,17,18). The lowest BCUT2D eigenvalue weighted by Gasteiger charge is -2.18. The van der Waals surface area contributed by atoms with Gasteiger partial charge in [0, 0.05) is 24.8 Å². The molecule has 2 heterocycles. The molecule has 1 unspecified atom stereocenters. The van der Waals surface area contributed by atoms with E-state index in [1.165, 1.54) is 4.90 Å². The molecule has 0 bridgehead atoms. The summed E-state index contributed by atoms with van der Waals surface area (Å²) in [4.78, 5) is 16.6. The molecule has 1 atom stereocenters. The Balaban J connectivity index is 2.09. The first-order valence-corrected chi connectivity index (χ1v) is 6.65. The molecule has 1 fully saturated rings. The topological polar surface area (TPSA) is 65.5 Å². The van der Waals surface area contributed by atoms with E-state index in [0.717, 1.165) is 28.0 Å². The molecular weight excluding hydrogens is 298 g/mol. The van der Waals surface area contributed by atoms with E-state index in [-0.39, 0.29) is 6.04 Å². The van der Waals surface area contributed by atoms with Gasteiger partial charge in [0.25, 0.3) is 0 Å². The number of hydrogen-bond donors (Lipinski definition) is 2. The Morgan fingerprint density at radius 3 is 2.89 bits per heavy atom. The lowest BCUT2D eigenvalue weighted by molar-refractivity contribution is 0.155. The van der Waals surface area contributed by atoms with Crippen LogP contribution in [0.2, 0.25) is 0 Å². The molecule has 1 saturated heterocycles. The number of anilines is 1. The zero-order valence-electron chi connectivity index (χ0n) is 10.4. The summed E-state index contributed by atoms with van der Waals surface area (Å²) in [5, 5.41) is 12.3. The van der Waals surface area contributed by atoms with Crippen molar-refractivity contribution >= 4 is 27.7 Å². The first-order valence-electron chi connectivity index (χ1n) is 5.85. The summed E-state index contributed by atoms with van der Waals surface area (Å²) < 4.78 is 0.786. The molecule has 18 heavy (non-hydrogen) atoms. The number of aryl methyl sites for hydroxylation is 2. The molecule has 0 saturated carbocycles. The number of carboxylic acid groups (broad SMARTS) is 1. The fraction of sp³-hybridized carbons (Fsp3) is 0.500. The van der Waals surface area contributed by atoms with Crippen LogP contribution in [-0.2, 0) is 0 Å². The summed E-state index contributed by atoms with van der Waals surface area (Å²) in [6, 6.07) is 2.16. The van der Waals surface area contributed by atoms with Crippen LogP contribution in [0.1, 0.15) is 17.7 Å². The van der Waals surface area contributed by atoms with E-state index in [1.807, 2.05) is 19.9 Å². The third-order valence-corrected chi connectivity index (χ3v) is 3.68. The first kappa shape index (κ1) is 13.1. The minimum atomic E-state index is -0.850. The molecule has 0 spiro atoms. The average molecular weight is 314 g/mol. The number of halogens is 1. The summed E-state index contributed by atoms with van der Waals surface area (Å²) >= 11 is 3.45. The molecular formula is C12H16BrN3O2. The van der Waals surface area contributed by atoms with Gasteiger partial charge in [-0.15, -0.1) is 0 Å². The number of pyridine rings is 1. The Bertz CT molecular complexity index is 455. The van der Waals surface area contributed by atoms with Crippen molar-refractivity contribution in [1.29, 1.82) is 0 Å². The first-order chi connectivity index (χ1) is 8.47. The predicted octanol–water partition coefficient (Wildman–Crippen LogP) is 2.63. The lowest BCUT2D eigenvalue weighted by atomic mass is 10.2. The van der Waals surface area contributed by atoms with Crippen molar-refractivity contribution in [2.45, 2.75) is 26.3 Å². The van der Waals surface area contributed by atoms with E-state index < -0.39 is 6.09 Å². The largest absolute Gasteiger partial charge is 0.465 e. The van der Waals surface area contributed by atoms with Gasteiger partial charge in [0.15, 0.2) is 0 Å². The molecule has 0 aliphatic carbocycles. The summed E-state index contributed by atoms with van der Waals surface area (Å²) in [5.41, 5.74) is 3.03. The van der Waals surface area contributed by atoms with E-state index in [4.69, 9.17) is 5.11 Å². The second kappa shape index (κ2) is 5.14. The van der Waals surface area contributed by atoms with E-state index in [0.29, 0.717) is 13.1 Å². The Morgan fingerprint density at radius 1 is 1.61 bits per heavy atom. The van der Waals surface area contributed by atoms with Crippen LogP contribution in [0.4, 0.5) is 10.5 Å². The van der Waals surface area contributed by atoms with Crippen LogP contribution < -0.4 is 5.32 Å². The minimum Gasteiger partial charge on any atom is -0.465 e. The monoisotopic (exact) mass is 313 g/mol. The molecule has 1 aromatic heterocycles. The molecule has 0 radical (unpaired) electrons. The number of amides is 1. The smallest absolute Gasteiger partial charge is 0.407 e. The molecule has 1 aromatic rings. The maximum atomic E-state index is 10.9. The number of rotatable bonds is 2. The van der Waals surface area contributed by atoms with Crippen LogP contribution in [0, 0.1) is 13.8 Å². The second-order valence-corrected chi connectivity index (χ2v) is 5.36. The Kier molecular flexibility index (Phi) is 3.75. The van der Waals surface area contributed by atoms with E-state index in [2.05, 4.69) is 26.2 Å². The van der Waals surface area contributed by atoms with Crippen molar-refractivity contribution in [3.05, 3.63) is 21.9 Å². The lowest BCUT2D eigenvalue weighted by Crippen LogP contribution is -2.30. The molecule has 6 heteroatoms. The van der Waals surface area contributed by atoms with Crippen molar-refractivity contribution in [3.63, 3.8) is 0 Å². The fourth-order valence-corrected chi connectivity index (χ4v) is 2.93. The Labute approximate surface area is 114 Å². The van der Waals surface area contributed by atoms with Crippen LogP contribution in [0.15, 0.2) is 10.7 Å². The van der Waals surface area contributed by atoms with Gasteiger partial charge in [0.1, 0.15) is 4.60 Å². The van der Waals surface area contributed by atoms with Crippen molar-refractivity contribution < 1.29 is 9.90 Å². The Hall–Kier alpha value is -1.30. The van der Waals surface area contributed by atoms with Crippen molar-refractivity contribution in [3.8, 4) is 0 Å². The molecule has 1 amide bonds. The van der Waals surface area contributed by atoms with Gasteiger partial charge in [0.05, 0.1) is 5.69 Å². The summed E-state index contributed by atoms with van der Waals surface area (Å²) in [5.74, 6) is 0. The van der Waals surface area contributed by atoms with Gasteiger partial charge in [-0.3, -0.25) is 0 Å². The second-order valence-electron chi connectivity index (χ2n) is 4.60. The third kappa shape index (κ3) is 2.75. The quantitative estimate of drug-likeness (QED) is 0.824. The van der Waals surface area contributed by atoms with Crippen LogP contribution >= 0.6 is 15.9 Å².